The summed E-state index contributed by atoms with van der Waals surface area (Å²) in [4.78, 5) is 20.8. The van der Waals surface area contributed by atoms with E-state index in [1.54, 1.807) is 6.20 Å². The molecule has 0 aromatic carbocycles. The Morgan fingerprint density at radius 3 is 2.65 bits per heavy atom. The maximum atomic E-state index is 14.4. The summed E-state index contributed by atoms with van der Waals surface area (Å²) in [6, 6.07) is 0. The molecule has 1 aliphatic heterocycles. The minimum atomic E-state index is -2.75. The number of fused-ring (bicyclic) bond motifs is 1. The summed E-state index contributed by atoms with van der Waals surface area (Å²) >= 11 is 5.88. The zero-order valence-corrected chi connectivity index (χ0v) is 14.1. The molecule has 136 valence electrons. The number of rotatable bonds is 2. The average molecular weight is 384 g/mol. The summed E-state index contributed by atoms with van der Waals surface area (Å²) in [5.74, 6) is -3.95. The van der Waals surface area contributed by atoms with Crippen molar-refractivity contribution >= 4 is 34.4 Å². The third-order valence-corrected chi connectivity index (χ3v) is 4.43. The molecule has 3 N–H and O–H groups in total. The van der Waals surface area contributed by atoms with Gasteiger partial charge in [0.1, 0.15) is 10.7 Å². The molecule has 0 radical (unpaired) electrons. The highest BCUT2D eigenvalue weighted by atomic mass is 35.5. The quantitative estimate of drug-likeness (QED) is 0.706. The second kappa shape index (κ2) is 5.97. The van der Waals surface area contributed by atoms with E-state index in [2.05, 4.69) is 24.9 Å². The van der Waals surface area contributed by atoms with Gasteiger partial charge in [0.25, 0.3) is 5.92 Å². The topological polar surface area (TPSA) is 96.6 Å². The summed E-state index contributed by atoms with van der Waals surface area (Å²) in [7, 11) is 0. The first-order valence-corrected chi connectivity index (χ1v) is 8.18. The molecule has 4 heterocycles. The fraction of sp³-hybridized carbons (Fsp3) is 0.333. The third kappa shape index (κ3) is 2.90. The lowest BCUT2D eigenvalue weighted by Crippen LogP contribution is -2.40. The van der Waals surface area contributed by atoms with Crippen LogP contribution in [-0.4, -0.2) is 43.9 Å². The van der Waals surface area contributed by atoms with E-state index in [1.807, 2.05) is 0 Å². The molecule has 3 aromatic rings. The van der Waals surface area contributed by atoms with Gasteiger partial charge in [0.15, 0.2) is 23.1 Å². The van der Waals surface area contributed by atoms with Crippen molar-refractivity contribution < 1.29 is 13.2 Å². The fourth-order valence-electron chi connectivity index (χ4n) is 2.87. The standard InChI is InChI=1S/C15H13ClF3N7/c16-8-6-22-13-10(23-8)7(5-21-13)12-24-11(20)9(17)14(25-12)26-3-1-15(18,19)2-4-26/h5-6H,1-4H2,(H,21,22)(H2,20,24,25). The lowest BCUT2D eigenvalue weighted by Gasteiger charge is -2.32. The van der Waals surface area contributed by atoms with Gasteiger partial charge in [0.05, 0.1) is 11.8 Å². The lowest BCUT2D eigenvalue weighted by atomic mass is 10.1. The van der Waals surface area contributed by atoms with Crippen molar-refractivity contribution in [1.29, 1.82) is 0 Å². The van der Waals surface area contributed by atoms with Crippen molar-refractivity contribution in [3.8, 4) is 11.4 Å². The van der Waals surface area contributed by atoms with Crippen molar-refractivity contribution in [2.75, 3.05) is 23.7 Å². The molecule has 0 amide bonds. The number of aromatic nitrogens is 5. The highest BCUT2D eigenvalue weighted by molar-refractivity contribution is 6.29. The minimum Gasteiger partial charge on any atom is -0.381 e. The van der Waals surface area contributed by atoms with E-state index < -0.39 is 11.7 Å². The first kappa shape index (κ1) is 16.8. The number of hydrogen-bond acceptors (Lipinski definition) is 6. The molecular weight excluding hydrogens is 371 g/mol. The minimum absolute atomic E-state index is 0.0284. The van der Waals surface area contributed by atoms with Gasteiger partial charge in [-0.25, -0.2) is 28.7 Å². The smallest absolute Gasteiger partial charge is 0.251 e. The number of nitrogens with one attached hydrogen (secondary N) is 1. The molecule has 0 unspecified atom stereocenters. The Morgan fingerprint density at radius 2 is 1.92 bits per heavy atom. The Hall–Kier alpha value is -2.62. The molecule has 1 saturated heterocycles. The SMILES string of the molecule is Nc1nc(-c2c[nH]c3ncc(Cl)nc23)nc(N2CCC(F)(F)CC2)c1F. The molecule has 0 aliphatic carbocycles. The zero-order chi connectivity index (χ0) is 18.5. The van der Waals surface area contributed by atoms with Crippen LogP contribution in [0, 0.1) is 5.82 Å². The van der Waals surface area contributed by atoms with Gasteiger partial charge < -0.3 is 15.6 Å². The van der Waals surface area contributed by atoms with E-state index in [0.717, 1.165) is 0 Å². The number of anilines is 2. The Bertz CT molecular complexity index is 981. The molecule has 3 aromatic heterocycles. The number of alkyl halides is 2. The van der Waals surface area contributed by atoms with Crippen LogP contribution in [0.25, 0.3) is 22.6 Å². The van der Waals surface area contributed by atoms with Gasteiger partial charge in [-0.1, -0.05) is 11.6 Å². The van der Waals surface area contributed by atoms with Crippen LogP contribution in [0.5, 0.6) is 0 Å². The van der Waals surface area contributed by atoms with E-state index in [-0.39, 0.29) is 48.5 Å². The van der Waals surface area contributed by atoms with Crippen molar-refractivity contribution in [2.45, 2.75) is 18.8 Å². The molecule has 11 heteroatoms. The average Bonchev–Trinajstić information content (AvgIpc) is 3.00. The highest BCUT2D eigenvalue weighted by Gasteiger charge is 2.35. The molecule has 7 nitrogen and oxygen atoms in total. The number of nitrogen functional groups attached to an aromatic ring is 1. The molecule has 0 bridgehead atoms. The summed E-state index contributed by atoms with van der Waals surface area (Å²) in [5.41, 5.74) is 6.98. The van der Waals surface area contributed by atoms with Crippen LogP contribution >= 0.6 is 11.6 Å². The first-order chi connectivity index (χ1) is 12.3. The maximum absolute atomic E-state index is 14.4. The van der Waals surface area contributed by atoms with Crippen molar-refractivity contribution in [2.24, 2.45) is 0 Å². The molecule has 1 fully saturated rings. The predicted octanol–water partition coefficient (Wildman–Crippen LogP) is 3.03. The molecule has 1 aliphatic rings. The normalized spacial score (nSPS) is 17.0. The first-order valence-electron chi connectivity index (χ1n) is 7.80. The number of nitrogens with zero attached hydrogens (tertiary/aromatic N) is 5. The second-order valence-electron chi connectivity index (χ2n) is 6.01. The predicted molar refractivity (Wildman–Crippen MR) is 90.7 cm³/mol. The molecule has 0 spiro atoms. The summed E-state index contributed by atoms with van der Waals surface area (Å²) < 4.78 is 41.2. The lowest BCUT2D eigenvalue weighted by molar-refractivity contribution is -0.0222. The van der Waals surface area contributed by atoms with Crippen molar-refractivity contribution in [3.63, 3.8) is 0 Å². The van der Waals surface area contributed by atoms with Gasteiger partial charge in [0, 0.05) is 32.1 Å². The fourth-order valence-corrected chi connectivity index (χ4v) is 3.00. The van der Waals surface area contributed by atoms with Gasteiger partial charge >= 0.3 is 0 Å². The molecule has 0 atom stereocenters. The Labute approximate surface area is 150 Å². The zero-order valence-electron chi connectivity index (χ0n) is 13.3. The molecule has 26 heavy (non-hydrogen) atoms. The highest BCUT2D eigenvalue weighted by Crippen LogP contribution is 2.33. The van der Waals surface area contributed by atoms with E-state index in [0.29, 0.717) is 16.7 Å². The second-order valence-corrected chi connectivity index (χ2v) is 6.39. The van der Waals surface area contributed by atoms with Crippen LogP contribution in [-0.2, 0) is 0 Å². The van der Waals surface area contributed by atoms with E-state index in [1.165, 1.54) is 11.1 Å². The molecule has 0 saturated carbocycles. The van der Waals surface area contributed by atoms with Crippen LogP contribution in [0.4, 0.5) is 24.8 Å². The number of aromatic amines is 1. The van der Waals surface area contributed by atoms with Crippen LogP contribution in [0.2, 0.25) is 5.15 Å². The molecule has 4 rings (SSSR count). The summed E-state index contributed by atoms with van der Waals surface area (Å²) in [6.07, 6.45) is 2.19. The van der Waals surface area contributed by atoms with Crippen LogP contribution in [0.3, 0.4) is 0 Å². The Morgan fingerprint density at radius 1 is 1.19 bits per heavy atom. The van der Waals surface area contributed by atoms with Gasteiger partial charge in [0.2, 0.25) is 5.82 Å². The van der Waals surface area contributed by atoms with Gasteiger partial charge in [-0.2, -0.15) is 4.39 Å². The number of H-pyrrole nitrogens is 1. The number of nitrogens with two attached hydrogens (primary N) is 1. The van der Waals surface area contributed by atoms with Crippen LogP contribution in [0.15, 0.2) is 12.4 Å². The van der Waals surface area contributed by atoms with Gasteiger partial charge in [-0.3, -0.25) is 0 Å². The van der Waals surface area contributed by atoms with Crippen molar-refractivity contribution in [1.82, 2.24) is 24.9 Å². The summed E-state index contributed by atoms with van der Waals surface area (Å²) in [5, 5.41) is 0.173. The van der Waals surface area contributed by atoms with E-state index in [9.17, 15) is 13.2 Å². The van der Waals surface area contributed by atoms with Crippen LogP contribution in [0.1, 0.15) is 12.8 Å². The van der Waals surface area contributed by atoms with E-state index >= 15 is 0 Å². The summed E-state index contributed by atoms with van der Waals surface area (Å²) in [6.45, 7) is -0.0569. The van der Waals surface area contributed by atoms with E-state index in [4.69, 9.17) is 17.3 Å². The largest absolute Gasteiger partial charge is 0.381 e. The maximum Gasteiger partial charge on any atom is 0.251 e. The number of hydrogen-bond donors (Lipinski definition) is 2. The number of halogens is 4. The van der Waals surface area contributed by atoms with Crippen LogP contribution < -0.4 is 10.6 Å². The monoisotopic (exact) mass is 383 g/mol. The van der Waals surface area contributed by atoms with Gasteiger partial charge in [-0.15, -0.1) is 0 Å². The van der Waals surface area contributed by atoms with Gasteiger partial charge in [-0.05, 0) is 0 Å². The molecular formula is C15H13ClF3N7. The number of piperidine rings is 1. The van der Waals surface area contributed by atoms with Crippen molar-refractivity contribution in [3.05, 3.63) is 23.4 Å². The third-order valence-electron chi connectivity index (χ3n) is 4.25. The Kier molecular flexibility index (Phi) is 3.87. The Balaban J connectivity index is 1.78.